The smallest absolute Gasteiger partial charge is 0.337 e. The topological polar surface area (TPSA) is 106 Å². The minimum atomic E-state index is -3.76. The molecular weight excluding hydrogens is 370 g/mol. The van der Waals surface area contributed by atoms with Gasteiger partial charge in [0, 0.05) is 11.9 Å². The van der Waals surface area contributed by atoms with E-state index >= 15 is 0 Å². The summed E-state index contributed by atoms with van der Waals surface area (Å²) in [7, 11) is -2.50. The van der Waals surface area contributed by atoms with Gasteiger partial charge in [-0.1, -0.05) is 18.2 Å². The quantitative estimate of drug-likeness (QED) is 0.602. The number of carbonyl (C=O) groups excluding carboxylic acids is 1. The van der Waals surface area contributed by atoms with Crippen LogP contribution in [0.5, 0.6) is 0 Å². The monoisotopic (exact) mass is 389 g/mol. The molecule has 0 bridgehead atoms. The van der Waals surface area contributed by atoms with Crippen LogP contribution < -0.4 is 4.72 Å². The highest BCUT2D eigenvalue weighted by Gasteiger charge is 2.17. The number of aliphatic hydroxyl groups is 1. The molecule has 0 fully saturated rings. The molecule has 142 valence electrons. The molecule has 2 aromatic carbocycles. The van der Waals surface area contributed by atoms with Gasteiger partial charge < -0.3 is 14.3 Å². The molecule has 7 nitrogen and oxygen atoms in total. The van der Waals surface area contributed by atoms with Gasteiger partial charge in [-0.15, -0.1) is 0 Å². The molecule has 3 rings (SSSR count). The lowest BCUT2D eigenvalue weighted by Gasteiger charge is -2.10. The van der Waals surface area contributed by atoms with E-state index in [4.69, 9.17) is 4.42 Å². The maximum absolute atomic E-state index is 12.3. The number of fused-ring (bicyclic) bond motifs is 1. The maximum Gasteiger partial charge on any atom is 0.337 e. The van der Waals surface area contributed by atoms with Gasteiger partial charge in [0.2, 0.25) is 10.0 Å². The second-order valence-electron chi connectivity index (χ2n) is 5.90. The molecule has 8 heteroatoms. The number of rotatable bonds is 7. The van der Waals surface area contributed by atoms with Crippen LogP contribution in [0, 0.1) is 0 Å². The number of methoxy groups -OCH3 is 1. The Bertz CT molecular complexity index is 1010. The summed E-state index contributed by atoms with van der Waals surface area (Å²) < 4.78 is 37.2. The summed E-state index contributed by atoms with van der Waals surface area (Å²) in [4.78, 5) is 11.4. The van der Waals surface area contributed by atoms with Crippen molar-refractivity contribution in [3.8, 4) is 0 Å². The van der Waals surface area contributed by atoms with Gasteiger partial charge in [0.1, 0.15) is 17.4 Å². The lowest BCUT2D eigenvalue weighted by molar-refractivity contribution is 0.0600. The van der Waals surface area contributed by atoms with E-state index in [1.807, 2.05) is 18.2 Å². The molecule has 0 aliphatic heterocycles. The molecule has 3 aromatic rings. The highest BCUT2D eigenvalue weighted by Crippen LogP contribution is 2.25. The van der Waals surface area contributed by atoms with Gasteiger partial charge in [0.05, 0.1) is 17.6 Å². The number of sulfonamides is 1. The Morgan fingerprint density at radius 1 is 1.19 bits per heavy atom. The number of furan rings is 1. The zero-order valence-electron chi connectivity index (χ0n) is 14.6. The molecule has 0 amide bonds. The van der Waals surface area contributed by atoms with E-state index in [9.17, 15) is 18.3 Å². The molecular formula is C19H19NO6S. The second-order valence-corrected chi connectivity index (χ2v) is 7.67. The maximum atomic E-state index is 12.3. The number of ether oxygens (including phenoxy) is 1. The molecule has 27 heavy (non-hydrogen) atoms. The van der Waals surface area contributed by atoms with E-state index in [0.717, 1.165) is 5.39 Å². The number of hydrogen-bond acceptors (Lipinski definition) is 6. The third kappa shape index (κ3) is 4.36. The van der Waals surface area contributed by atoms with E-state index < -0.39 is 22.1 Å². The molecule has 2 N–H and O–H groups in total. The van der Waals surface area contributed by atoms with Crippen molar-refractivity contribution in [1.29, 1.82) is 0 Å². The van der Waals surface area contributed by atoms with Crippen molar-refractivity contribution in [2.45, 2.75) is 17.4 Å². The standard InChI is InChI=1S/C19H19NO6S/c1-25-19(22)13-6-8-15(9-7-13)27(23,24)20-11-10-16(21)18-12-14-4-2-3-5-17(14)26-18/h2-9,12,16,20-21H,10-11H2,1H3/t16-/m1/s1. The fourth-order valence-electron chi connectivity index (χ4n) is 2.61. The first-order chi connectivity index (χ1) is 12.9. The molecule has 0 saturated carbocycles. The lowest BCUT2D eigenvalue weighted by Crippen LogP contribution is -2.26. The van der Waals surface area contributed by atoms with Gasteiger partial charge in [-0.2, -0.15) is 0 Å². The van der Waals surface area contributed by atoms with Crippen LogP contribution in [0.25, 0.3) is 11.0 Å². The number of hydrogen-bond donors (Lipinski definition) is 2. The normalized spacial score (nSPS) is 12.8. The minimum Gasteiger partial charge on any atom is -0.465 e. The van der Waals surface area contributed by atoms with Gasteiger partial charge >= 0.3 is 5.97 Å². The SMILES string of the molecule is COC(=O)c1ccc(S(=O)(=O)NCC[C@@H](O)c2cc3ccccc3o2)cc1. The van der Waals surface area contributed by atoms with E-state index in [1.54, 1.807) is 12.1 Å². The number of aliphatic hydroxyl groups excluding tert-OH is 1. The van der Waals surface area contributed by atoms with Crippen molar-refractivity contribution in [2.75, 3.05) is 13.7 Å². The molecule has 1 aromatic heterocycles. The molecule has 0 spiro atoms. The molecule has 0 unspecified atom stereocenters. The summed E-state index contributed by atoms with van der Waals surface area (Å²) in [5, 5.41) is 11.1. The first kappa shape index (κ1) is 19.1. The third-order valence-corrected chi connectivity index (χ3v) is 5.55. The summed E-state index contributed by atoms with van der Waals surface area (Å²) in [5.41, 5.74) is 0.926. The Labute approximate surface area is 156 Å². The van der Waals surface area contributed by atoms with Crippen LogP contribution in [0.2, 0.25) is 0 Å². The van der Waals surface area contributed by atoms with E-state index in [0.29, 0.717) is 11.3 Å². The fraction of sp³-hybridized carbons (Fsp3) is 0.211. The van der Waals surface area contributed by atoms with Gasteiger partial charge in [0.25, 0.3) is 0 Å². The molecule has 1 atom stereocenters. The Morgan fingerprint density at radius 3 is 2.56 bits per heavy atom. The van der Waals surface area contributed by atoms with Crippen molar-refractivity contribution in [3.05, 3.63) is 65.9 Å². The number of nitrogens with one attached hydrogen (secondary N) is 1. The highest BCUT2D eigenvalue weighted by molar-refractivity contribution is 7.89. The van der Waals surface area contributed by atoms with Crippen LogP contribution >= 0.6 is 0 Å². The molecule has 0 saturated heterocycles. The molecule has 1 heterocycles. The minimum absolute atomic E-state index is 0.0216. The van der Waals surface area contributed by atoms with Gasteiger partial charge in [-0.3, -0.25) is 0 Å². The van der Waals surface area contributed by atoms with Crippen LogP contribution in [-0.2, 0) is 14.8 Å². The molecule has 0 aliphatic rings. The molecule has 0 aliphatic carbocycles. The molecule has 0 radical (unpaired) electrons. The second kappa shape index (κ2) is 7.91. The Kier molecular flexibility index (Phi) is 5.59. The summed E-state index contributed by atoms with van der Waals surface area (Å²) in [5.74, 6) is -0.154. The zero-order valence-corrected chi connectivity index (χ0v) is 15.4. The van der Waals surface area contributed by atoms with Gasteiger partial charge in [-0.05, 0) is 42.8 Å². The van der Waals surface area contributed by atoms with Crippen LogP contribution in [0.15, 0.2) is 63.9 Å². The van der Waals surface area contributed by atoms with Crippen LogP contribution in [0.1, 0.15) is 28.6 Å². The van der Waals surface area contributed by atoms with E-state index in [-0.39, 0.29) is 23.4 Å². The number of esters is 1. The average Bonchev–Trinajstić information content (AvgIpc) is 3.11. The van der Waals surface area contributed by atoms with E-state index in [2.05, 4.69) is 9.46 Å². The van der Waals surface area contributed by atoms with Crippen LogP contribution in [0.3, 0.4) is 0 Å². The van der Waals surface area contributed by atoms with Crippen LogP contribution in [0.4, 0.5) is 0 Å². The highest BCUT2D eigenvalue weighted by atomic mass is 32.2. The first-order valence-corrected chi connectivity index (χ1v) is 9.73. The largest absolute Gasteiger partial charge is 0.465 e. The Balaban J connectivity index is 1.60. The summed E-state index contributed by atoms with van der Waals surface area (Å²) in [6, 6.07) is 14.5. The summed E-state index contributed by atoms with van der Waals surface area (Å²) in [6.07, 6.45) is -0.777. The van der Waals surface area contributed by atoms with Crippen molar-refractivity contribution >= 4 is 27.0 Å². The fourth-order valence-corrected chi connectivity index (χ4v) is 3.66. The predicted molar refractivity (Wildman–Crippen MR) is 98.8 cm³/mol. The van der Waals surface area contributed by atoms with Crippen LogP contribution in [-0.4, -0.2) is 33.1 Å². The van der Waals surface area contributed by atoms with E-state index in [1.165, 1.54) is 31.4 Å². The average molecular weight is 389 g/mol. The number of carbonyl (C=O) groups is 1. The van der Waals surface area contributed by atoms with Gasteiger partial charge in [-0.25, -0.2) is 17.9 Å². The number of benzene rings is 2. The summed E-state index contributed by atoms with van der Waals surface area (Å²) in [6.45, 7) is 0.0271. The van der Waals surface area contributed by atoms with Crippen molar-refractivity contribution in [2.24, 2.45) is 0 Å². The third-order valence-electron chi connectivity index (χ3n) is 4.07. The van der Waals surface area contributed by atoms with Crippen molar-refractivity contribution in [3.63, 3.8) is 0 Å². The Morgan fingerprint density at radius 2 is 1.89 bits per heavy atom. The zero-order chi connectivity index (χ0) is 19.4. The van der Waals surface area contributed by atoms with Crippen molar-refractivity contribution < 1.29 is 27.5 Å². The van der Waals surface area contributed by atoms with Crippen molar-refractivity contribution in [1.82, 2.24) is 4.72 Å². The van der Waals surface area contributed by atoms with Gasteiger partial charge in [0.15, 0.2) is 0 Å². The summed E-state index contributed by atoms with van der Waals surface area (Å²) >= 11 is 0. The Hall–Kier alpha value is -2.68. The lowest BCUT2D eigenvalue weighted by atomic mass is 10.2. The predicted octanol–water partition coefficient (Wildman–Crippen LogP) is 2.62. The number of para-hydroxylation sites is 1. The first-order valence-electron chi connectivity index (χ1n) is 8.25.